The van der Waals surface area contributed by atoms with Gasteiger partial charge in [0, 0.05) is 23.1 Å². The molecular formula is C14H17Cl2NO2. The Morgan fingerprint density at radius 1 is 1.26 bits per heavy atom. The Labute approximate surface area is 123 Å². The summed E-state index contributed by atoms with van der Waals surface area (Å²) in [6.07, 6.45) is 0.363. The molecule has 1 aliphatic rings. The predicted molar refractivity (Wildman–Crippen MR) is 76.8 cm³/mol. The first-order valence-corrected chi connectivity index (χ1v) is 7.09. The van der Waals surface area contributed by atoms with Crippen molar-refractivity contribution < 1.29 is 9.53 Å². The zero-order valence-electron chi connectivity index (χ0n) is 11.0. The molecule has 5 heteroatoms. The SMILES string of the molecule is C[C@H]1CN(C(=O)Cc2c(Cl)cccc2Cl)C[C@H](C)O1. The van der Waals surface area contributed by atoms with Crippen molar-refractivity contribution in [3.05, 3.63) is 33.8 Å². The van der Waals surface area contributed by atoms with E-state index >= 15 is 0 Å². The van der Waals surface area contributed by atoms with Crippen LogP contribution in [0, 0.1) is 0 Å². The van der Waals surface area contributed by atoms with E-state index in [-0.39, 0.29) is 24.5 Å². The monoisotopic (exact) mass is 301 g/mol. The molecular weight excluding hydrogens is 285 g/mol. The van der Waals surface area contributed by atoms with Gasteiger partial charge in [0.2, 0.25) is 5.91 Å². The quantitative estimate of drug-likeness (QED) is 0.840. The number of amides is 1. The molecule has 1 heterocycles. The fourth-order valence-electron chi connectivity index (χ4n) is 2.35. The predicted octanol–water partition coefficient (Wildman–Crippen LogP) is 3.17. The lowest BCUT2D eigenvalue weighted by Gasteiger charge is -2.35. The molecule has 104 valence electrons. The Morgan fingerprint density at radius 2 is 1.79 bits per heavy atom. The summed E-state index contributed by atoms with van der Waals surface area (Å²) in [5, 5.41) is 1.07. The van der Waals surface area contributed by atoms with Gasteiger partial charge in [0.05, 0.1) is 18.6 Å². The molecule has 1 aromatic rings. The minimum absolute atomic E-state index is 0.0389. The molecule has 1 saturated heterocycles. The van der Waals surface area contributed by atoms with Gasteiger partial charge < -0.3 is 9.64 Å². The standard InChI is InChI=1S/C14H17Cl2NO2/c1-9-7-17(8-10(2)19-9)14(18)6-11-12(15)4-3-5-13(11)16/h3-5,9-10H,6-8H2,1-2H3/t9-,10-/m0/s1. The van der Waals surface area contributed by atoms with Gasteiger partial charge in [0.15, 0.2) is 0 Å². The van der Waals surface area contributed by atoms with Gasteiger partial charge >= 0.3 is 0 Å². The zero-order chi connectivity index (χ0) is 14.0. The first-order chi connectivity index (χ1) is 8.97. The third-order valence-corrected chi connectivity index (χ3v) is 3.87. The molecule has 0 radical (unpaired) electrons. The molecule has 19 heavy (non-hydrogen) atoms. The molecule has 0 bridgehead atoms. The number of carbonyl (C=O) groups is 1. The molecule has 0 saturated carbocycles. The van der Waals surface area contributed by atoms with Gasteiger partial charge in [-0.3, -0.25) is 4.79 Å². The molecule has 2 atom stereocenters. The number of benzene rings is 1. The normalized spacial score (nSPS) is 23.5. The molecule has 0 N–H and O–H groups in total. The second-order valence-electron chi connectivity index (χ2n) is 4.93. The lowest BCUT2D eigenvalue weighted by molar-refractivity contribution is -0.142. The van der Waals surface area contributed by atoms with E-state index in [0.29, 0.717) is 28.7 Å². The summed E-state index contributed by atoms with van der Waals surface area (Å²) in [6.45, 7) is 5.17. The highest BCUT2D eigenvalue weighted by atomic mass is 35.5. The highest BCUT2D eigenvalue weighted by molar-refractivity contribution is 6.36. The van der Waals surface area contributed by atoms with Crippen molar-refractivity contribution in [2.45, 2.75) is 32.5 Å². The summed E-state index contributed by atoms with van der Waals surface area (Å²) >= 11 is 12.2. The third kappa shape index (κ3) is 3.62. The van der Waals surface area contributed by atoms with Crippen LogP contribution in [0.2, 0.25) is 10.0 Å². The number of morpholine rings is 1. The summed E-state index contributed by atoms with van der Waals surface area (Å²) in [5.41, 5.74) is 0.697. The van der Waals surface area contributed by atoms with Crippen molar-refractivity contribution >= 4 is 29.1 Å². The number of halogens is 2. The molecule has 1 amide bonds. The first kappa shape index (κ1) is 14.6. The topological polar surface area (TPSA) is 29.5 Å². The van der Waals surface area contributed by atoms with Crippen LogP contribution in [0.1, 0.15) is 19.4 Å². The van der Waals surface area contributed by atoms with E-state index < -0.39 is 0 Å². The molecule has 0 unspecified atom stereocenters. The fraction of sp³-hybridized carbons (Fsp3) is 0.500. The lowest BCUT2D eigenvalue weighted by atomic mass is 10.1. The van der Waals surface area contributed by atoms with E-state index in [1.807, 2.05) is 18.7 Å². The summed E-state index contributed by atoms with van der Waals surface area (Å²) in [5.74, 6) is 0.0389. The van der Waals surface area contributed by atoms with Crippen molar-refractivity contribution in [3.63, 3.8) is 0 Å². The Bertz CT molecular complexity index is 448. The average molecular weight is 302 g/mol. The second kappa shape index (κ2) is 6.12. The molecule has 2 rings (SSSR count). The Hall–Kier alpha value is -0.770. The van der Waals surface area contributed by atoms with E-state index in [1.54, 1.807) is 18.2 Å². The summed E-state index contributed by atoms with van der Waals surface area (Å²) < 4.78 is 5.62. The largest absolute Gasteiger partial charge is 0.372 e. The van der Waals surface area contributed by atoms with Crippen molar-refractivity contribution in [3.8, 4) is 0 Å². The minimum atomic E-state index is 0.0389. The van der Waals surface area contributed by atoms with E-state index in [1.165, 1.54) is 0 Å². The van der Waals surface area contributed by atoms with E-state index in [4.69, 9.17) is 27.9 Å². The first-order valence-electron chi connectivity index (χ1n) is 6.33. The van der Waals surface area contributed by atoms with Crippen LogP contribution in [0.3, 0.4) is 0 Å². The minimum Gasteiger partial charge on any atom is -0.372 e. The van der Waals surface area contributed by atoms with Gasteiger partial charge in [0.1, 0.15) is 0 Å². The van der Waals surface area contributed by atoms with E-state index in [0.717, 1.165) is 0 Å². The number of hydrogen-bond donors (Lipinski definition) is 0. The number of rotatable bonds is 2. The summed E-state index contributed by atoms with van der Waals surface area (Å²) in [4.78, 5) is 14.1. The van der Waals surface area contributed by atoms with E-state index in [9.17, 15) is 4.79 Å². The van der Waals surface area contributed by atoms with Gasteiger partial charge in [-0.2, -0.15) is 0 Å². The maximum absolute atomic E-state index is 12.3. The van der Waals surface area contributed by atoms with E-state index in [2.05, 4.69) is 0 Å². The van der Waals surface area contributed by atoms with Crippen molar-refractivity contribution in [2.75, 3.05) is 13.1 Å². The number of carbonyl (C=O) groups excluding carboxylic acids is 1. The van der Waals surface area contributed by atoms with Gasteiger partial charge in [-0.15, -0.1) is 0 Å². The van der Waals surface area contributed by atoms with Crippen molar-refractivity contribution in [1.82, 2.24) is 4.90 Å². The molecule has 0 aliphatic carbocycles. The molecule has 1 aliphatic heterocycles. The smallest absolute Gasteiger partial charge is 0.227 e. The summed E-state index contributed by atoms with van der Waals surface area (Å²) in [6, 6.07) is 5.28. The number of hydrogen-bond acceptors (Lipinski definition) is 2. The van der Waals surface area contributed by atoms with Crippen molar-refractivity contribution in [2.24, 2.45) is 0 Å². The van der Waals surface area contributed by atoms with Crippen LogP contribution >= 0.6 is 23.2 Å². The fourth-order valence-corrected chi connectivity index (χ4v) is 2.88. The third-order valence-electron chi connectivity index (χ3n) is 3.16. The van der Waals surface area contributed by atoms with Crippen LogP contribution in [0.15, 0.2) is 18.2 Å². The van der Waals surface area contributed by atoms with Crippen LogP contribution in [0.4, 0.5) is 0 Å². The molecule has 0 spiro atoms. The number of nitrogens with zero attached hydrogens (tertiary/aromatic N) is 1. The highest BCUT2D eigenvalue weighted by Gasteiger charge is 2.26. The summed E-state index contributed by atoms with van der Waals surface area (Å²) in [7, 11) is 0. The molecule has 0 aromatic heterocycles. The van der Waals surface area contributed by atoms with Gasteiger partial charge in [-0.25, -0.2) is 0 Å². The Kier molecular flexibility index (Phi) is 4.71. The van der Waals surface area contributed by atoms with Crippen molar-refractivity contribution in [1.29, 1.82) is 0 Å². The maximum Gasteiger partial charge on any atom is 0.227 e. The van der Waals surface area contributed by atoms with Gasteiger partial charge in [0.25, 0.3) is 0 Å². The highest BCUT2D eigenvalue weighted by Crippen LogP contribution is 2.25. The second-order valence-corrected chi connectivity index (χ2v) is 5.75. The molecule has 3 nitrogen and oxygen atoms in total. The Morgan fingerprint density at radius 3 is 2.32 bits per heavy atom. The van der Waals surface area contributed by atoms with Crippen LogP contribution in [0.25, 0.3) is 0 Å². The van der Waals surface area contributed by atoms with Crippen LogP contribution < -0.4 is 0 Å². The lowest BCUT2D eigenvalue weighted by Crippen LogP contribution is -2.48. The number of ether oxygens (including phenoxy) is 1. The molecule has 1 fully saturated rings. The van der Waals surface area contributed by atoms with Crippen LogP contribution in [-0.4, -0.2) is 36.1 Å². The average Bonchev–Trinajstić information content (AvgIpc) is 2.32. The Balaban J connectivity index is 2.08. The zero-order valence-corrected chi connectivity index (χ0v) is 12.5. The maximum atomic E-state index is 12.3. The van der Waals surface area contributed by atoms with Crippen LogP contribution in [0.5, 0.6) is 0 Å². The van der Waals surface area contributed by atoms with Gasteiger partial charge in [-0.1, -0.05) is 29.3 Å². The van der Waals surface area contributed by atoms with Gasteiger partial charge in [-0.05, 0) is 31.5 Å². The van der Waals surface area contributed by atoms with Crippen LogP contribution in [-0.2, 0) is 16.0 Å². The molecule has 1 aromatic carbocycles.